The fourth-order valence-electron chi connectivity index (χ4n) is 3.40. The van der Waals surface area contributed by atoms with E-state index in [0.717, 1.165) is 43.9 Å². The second-order valence-electron chi connectivity index (χ2n) is 6.59. The third kappa shape index (κ3) is 4.66. The van der Waals surface area contributed by atoms with Crippen molar-refractivity contribution in [3.8, 4) is 0 Å². The highest BCUT2D eigenvalue weighted by atomic mass is 16.2. The van der Waals surface area contributed by atoms with Crippen LogP contribution in [0.1, 0.15) is 43.5 Å². The Bertz CT molecular complexity index is 663. The molecular weight excluding hydrogens is 314 g/mol. The van der Waals surface area contributed by atoms with Crippen LogP contribution >= 0.6 is 0 Å². The van der Waals surface area contributed by atoms with E-state index in [0.29, 0.717) is 19.0 Å². The van der Waals surface area contributed by atoms with Gasteiger partial charge in [-0.15, -0.1) is 0 Å². The zero-order chi connectivity index (χ0) is 17.5. The van der Waals surface area contributed by atoms with Gasteiger partial charge in [-0.25, -0.2) is 0 Å². The lowest BCUT2D eigenvalue weighted by Crippen LogP contribution is -2.36. The van der Waals surface area contributed by atoms with Crippen LogP contribution in [0.2, 0.25) is 0 Å². The average Bonchev–Trinajstić information content (AvgIpc) is 3.11. The van der Waals surface area contributed by atoms with E-state index >= 15 is 0 Å². The van der Waals surface area contributed by atoms with Gasteiger partial charge in [-0.3, -0.25) is 14.5 Å². The maximum Gasteiger partial charge on any atom is 0.244 e. The molecule has 0 bridgehead atoms. The Morgan fingerprint density at radius 2 is 2.28 bits per heavy atom. The summed E-state index contributed by atoms with van der Waals surface area (Å²) in [7, 11) is 0. The molecule has 0 aromatic carbocycles. The molecule has 1 unspecified atom stereocenters. The maximum absolute atomic E-state index is 12.9. The van der Waals surface area contributed by atoms with Gasteiger partial charge < -0.3 is 10.2 Å². The normalized spacial score (nSPS) is 17.4. The molecule has 1 aliphatic heterocycles. The van der Waals surface area contributed by atoms with Crippen molar-refractivity contribution in [3.05, 3.63) is 48.0 Å². The Balaban J connectivity index is 1.68. The SMILES string of the molecule is CCCN(Cc1ccccn1)C(=O)Cn1nccc1C1CCCNC1. The van der Waals surface area contributed by atoms with Crippen LogP contribution in [-0.4, -0.2) is 45.2 Å². The average molecular weight is 341 g/mol. The van der Waals surface area contributed by atoms with Crippen molar-refractivity contribution in [2.24, 2.45) is 0 Å². The van der Waals surface area contributed by atoms with E-state index in [9.17, 15) is 4.79 Å². The molecular formula is C19H27N5O. The second-order valence-corrected chi connectivity index (χ2v) is 6.59. The van der Waals surface area contributed by atoms with Crippen molar-refractivity contribution in [1.29, 1.82) is 0 Å². The number of carbonyl (C=O) groups is 1. The van der Waals surface area contributed by atoms with Crippen molar-refractivity contribution in [3.63, 3.8) is 0 Å². The molecule has 0 aliphatic carbocycles. The first kappa shape index (κ1) is 17.6. The highest BCUT2D eigenvalue weighted by molar-refractivity contribution is 5.76. The molecule has 25 heavy (non-hydrogen) atoms. The summed E-state index contributed by atoms with van der Waals surface area (Å²) in [6.07, 6.45) is 6.83. The molecule has 1 aliphatic rings. The number of hydrogen-bond acceptors (Lipinski definition) is 4. The van der Waals surface area contributed by atoms with Crippen molar-refractivity contribution < 1.29 is 4.79 Å². The number of amides is 1. The molecule has 6 nitrogen and oxygen atoms in total. The van der Waals surface area contributed by atoms with Gasteiger partial charge in [0.05, 0.1) is 12.2 Å². The van der Waals surface area contributed by atoms with Gasteiger partial charge in [-0.2, -0.15) is 5.10 Å². The fourth-order valence-corrected chi connectivity index (χ4v) is 3.40. The highest BCUT2D eigenvalue weighted by Gasteiger charge is 2.21. The summed E-state index contributed by atoms with van der Waals surface area (Å²) in [6, 6.07) is 7.86. The summed E-state index contributed by atoms with van der Waals surface area (Å²) in [5, 5.41) is 7.84. The highest BCUT2D eigenvalue weighted by Crippen LogP contribution is 2.22. The van der Waals surface area contributed by atoms with Gasteiger partial charge in [0.25, 0.3) is 0 Å². The molecule has 3 heterocycles. The molecule has 1 fully saturated rings. The van der Waals surface area contributed by atoms with Crippen molar-refractivity contribution >= 4 is 5.91 Å². The number of piperidine rings is 1. The zero-order valence-electron chi connectivity index (χ0n) is 14.9. The Labute approximate surface area is 149 Å². The van der Waals surface area contributed by atoms with E-state index in [4.69, 9.17) is 0 Å². The van der Waals surface area contributed by atoms with Crippen molar-refractivity contribution in [2.75, 3.05) is 19.6 Å². The number of aromatic nitrogens is 3. The molecule has 2 aromatic rings. The second kappa shape index (κ2) is 8.76. The Hall–Kier alpha value is -2.21. The van der Waals surface area contributed by atoms with Crippen LogP contribution in [0.5, 0.6) is 0 Å². The van der Waals surface area contributed by atoms with Crippen molar-refractivity contribution in [2.45, 2.75) is 45.2 Å². The zero-order valence-corrected chi connectivity index (χ0v) is 14.9. The van der Waals surface area contributed by atoms with Crippen molar-refractivity contribution in [1.82, 2.24) is 25.0 Å². The van der Waals surface area contributed by atoms with E-state index in [1.54, 1.807) is 12.4 Å². The third-order valence-corrected chi connectivity index (χ3v) is 4.67. The topological polar surface area (TPSA) is 63.1 Å². The quantitative estimate of drug-likeness (QED) is 0.838. The summed E-state index contributed by atoms with van der Waals surface area (Å²) in [4.78, 5) is 19.1. The predicted octanol–water partition coefficient (Wildman–Crippen LogP) is 2.18. The number of nitrogens with zero attached hydrogens (tertiary/aromatic N) is 4. The van der Waals surface area contributed by atoms with Crippen LogP contribution < -0.4 is 5.32 Å². The molecule has 1 atom stereocenters. The largest absolute Gasteiger partial charge is 0.335 e. The van der Waals surface area contributed by atoms with Crippen LogP contribution in [-0.2, 0) is 17.9 Å². The molecule has 1 N–H and O–H groups in total. The number of rotatable bonds is 7. The summed E-state index contributed by atoms with van der Waals surface area (Å²) in [5.74, 6) is 0.542. The molecule has 3 rings (SSSR count). The minimum absolute atomic E-state index is 0.0984. The lowest BCUT2D eigenvalue weighted by atomic mass is 9.96. The van der Waals surface area contributed by atoms with Crippen LogP contribution in [0.3, 0.4) is 0 Å². The van der Waals surface area contributed by atoms with Crippen LogP contribution in [0.4, 0.5) is 0 Å². The Morgan fingerprint density at radius 1 is 1.36 bits per heavy atom. The maximum atomic E-state index is 12.9. The van der Waals surface area contributed by atoms with E-state index in [-0.39, 0.29) is 5.91 Å². The van der Waals surface area contributed by atoms with Gasteiger partial charge in [0.1, 0.15) is 6.54 Å². The third-order valence-electron chi connectivity index (χ3n) is 4.67. The summed E-state index contributed by atoms with van der Waals surface area (Å²) < 4.78 is 1.88. The van der Waals surface area contributed by atoms with E-state index < -0.39 is 0 Å². The molecule has 6 heteroatoms. The lowest BCUT2D eigenvalue weighted by Gasteiger charge is -2.25. The minimum atomic E-state index is 0.0984. The number of carbonyl (C=O) groups excluding carboxylic acids is 1. The minimum Gasteiger partial charge on any atom is -0.335 e. The lowest BCUT2D eigenvalue weighted by molar-refractivity contribution is -0.132. The monoisotopic (exact) mass is 341 g/mol. The first-order valence-electron chi connectivity index (χ1n) is 9.18. The number of nitrogens with one attached hydrogen (secondary N) is 1. The van der Waals surface area contributed by atoms with E-state index in [1.807, 2.05) is 33.8 Å². The van der Waals surface area contributed by atoms with Gasteiger partial charge in [0, 0.05) is 37.1 Å². The summed E-state index contributed by atoms with van der Waals surface area (Å²) >= 11 is 0. The predicted molar refractivity (Wildman–Crippen MR) is 97.0 cm³/mol. The molecule has 0 radical (unpaired) electrons. The molecule has 2 aromatic heterocycles. The van der Waals surface area contributed by atoms with Crippen LogP contribution in [0.25, 0.3) is 0 Å². The van der Waals surface area contributed by atoms with Gasteiger partial charge in [0.15, 0.2) is 0 Å². The van der Waals surface area contributed by atoms with Gasteiger partial charge in [0.2, 0.25) is 5.91 Å². The molecule has 0 spiro atoms. The first-order chi connectivity index (χ1) is 12.3. The van der Waals surface area contributed by atoms with Gasteiger partial charge in [-0.1, -0.05) is 13.0 Å². The van der Waals surface area contributed by atoms with Crippen LogP contribution in [0, 0.1) is 0 Å². The molecule has 1 amide bonds. The smallest absolute Gasteiger partial charge is 0.244 e. The van der Waals surface area contributed by atoms with Gasteiger partial charge >= 0.3 is 0 Å². The van der Waals surface area contributed by atoms with Crippen LogP contribution in [0.15, 0.2) is 36.7 Å². The Kier molecular flexibility index (Phi) is 6.17. The summed E-state index contributed by atoms with van der Waals surface area (Å²) in [5.41, 5.74) is 2.08. The first-order valence-corrected chi connectivity index (χ1v) is 9.18. The Morgan fingerprint density at radius 3 is 3.00 bits per heavy atom. The number of hydrogen-bond donors (Lipinski definition) is 1. The standard InChI is InChI=1S/C19H27N5O/c1-2-12-23(14-17-7-3-4-10-21-17)19(25)15-24-18(8-11-22-24)16-6-5-9-20-13-16/h3-4,7-8,10-11,16,20H,2,5-6,9,12-15H2,1H3. The summed E-state index contributed by atoms with van der Waals surface area (Å²) in [6.45, 7) is 5.72. The van der Waals surface area contributed by atoms with E-state index in [2.05, 4.69) is 22.3 Å². The molecule has 0 saturated carbocycles. The fraction of sp³-hybridized carbons (Fsp3) is 0.526. The number of pyridine rings is 1. The molecule has 134 valence electrons. The van der Waals surface area contributed by atoms with Gasteiger partial charge in [-0.05, 0) is 44.0 Å². The molecule has 1 saturated heterocycles. The van der Waals surface area contributed by atoms with E-state index in [1.165, 1.54) is 6.42 Å².